The molecule has 116 valence electrons. The second-order valence-electron chi connectivity index (χ2n) is 5.13. The average molecular weight is 304 g/mol. The number of urea groups is 2. The molecule has 1 aromatic carbocycles. The van der Waals surface area contributed by atoms with Crippen molar-refractivity contribution in [2.45, 2.75) is 25.4 Å². The first-order valence-electron chi connectivity index (χ1n) is 6.59. The molecule has 4 N–H and O–H groups in total. The number of imide groups is 2. The Labute approximate surface area is 126 Å². The maximum atomic E-state index is 12.6. The normalized spacial score (nSPS) is 22.2. The van der Waals surface area contributed by atoms with E-state index in [0.717, 1.165) is 4.90 Å². The Morgan fingerprint density at radius 3 is 2.41 bits per heavy atom. The van der Waals surface area contributed by atoms with E-state index in [1.165, 1.54) is 6.92 Å². The van der Waals surface area contributed by atoms with Crippen LogP contribution in [0.2, 0.25) is 0 Å². The van der Waals surface area contributed by atoms with Crippen LogP contribution in [0.5, 0.6) is 0 Å². The molecule has 2 unspecified atom stereocenters. The van der Waals surface area contributed by atoms with E-state index < -0.39 is 35.5 Å². The van der Waals surface area contributed by atoms with Crippen molar-refractivity contribution < 1.29 is 19.2 Å². The van der Waals surface area contributed by atoms with Crippen molar-refractivity contribution in [3.63, 3.8) is 0 Å². The number of nitrogens with zero attached hydrogens (tertiary/aromatic N) is 1. The van der Waals surface area contributed by atoms with Crippen LogP contribution in [0.1, 0.15) is 19.4 Å². The molecule has 8 nitrogen and oxygen atoms in total. The summed E-state index contributed by atoms with van der Waals surface area (Å²) >= 11 is 0. The molecule has 2 rings (SSSR count). The number of hydrogen-bond donors (Lipinski definition) is 3. The van der Waals surface area contributed by atoms with Gasteiger partial charge >= 0.3 is 12.1 Å². The Kier molecular flexibility index (Phi) is 3.85. The lowest BCUT2D eigenvalue weighted by Crippen LogP contribution is -2.51. The minimum absolute atomic E-state index is 0.573. The molecule has 1 aliphatic rings. The Hall–Kier alpha value is -2.90. The standard InChI is InChI=1S/C14H16N4O4/c1-8(10(19)16-12(15)21)18-11(20)14(2,17-13(18)22)9-6-4-3-5-7-9/h3-8H,1-2H3,(H,17,22)(H3,15,16,19,21). The van der Waals surface area contributed by atoms with Gasteiger partial charge in [0.05, 0.1) is 0 Å². The quantitative estimate of drug-likeness (QED) is 0.682. The number of benzene rings is 1. The summed E-state index contributed by atoms with van der Waals surface area (Å²) in [7, 11) is 0. The van der Waals surface area contributed by atoms with Crippen LogP contribution in [-0.2, 0) is 15.1 Å². The first-order chi connectivity index (χ1) is 10.3. The minimum Gasteiger partial charge on any atom is -0.351 e. The van der Waals surface area contributed by atoms with Crippen molar-refractivity contribution >= 4 is 23.9 Å². The maximum Gasteiger partial charge on any atom is 0.326 e. The molecule has 0 saturated carbocycles. The molecule has 1 fully saturated rings. The highest BCUT2D eigenvalue weighted by Crippen LogP contribution is 2.29. The summed E-state index contributed by atoms with van der Waals surface area (Å²) in [5, 5.41) is 4.43. The number of rotatable bonds is 3. The Bertz CT molecular complexity index is 646. The van der Waals surface area contributed by atoms with Gasteiger partial charge in [-0.15, -0.1) is 0 Å². The third-order valence-corrected chi connectivity index (χ3v) is 3.59. The lowest BCUT2D eigenvalue weighted by atomic mass is 9.92. The van der Waals surface area contributed by atoms with Gasteiger partial charge in [0.2, 0.25) is 0 Å². The van der Waals surface area contributed by atoms with Gasteiger partial charge in [-0.05, 0) is 19.4 Å². The minimum atomic E-state index is -1.26. The van der Waals surface area contributed by atoms with Crippen molar-refractivity contribution in [3.05, 3.63) is 35.9 Å². The summed E-state index contributed by atoms with van der Waals surface area (Å²) in [6.07, 6.45) is 0. The van der Waals surface area contributed by atoms with E-state index in [0.29, 0.717) is 5.56 Å². The third kappa shape index (κ3) is 2.50. The van der Waals surface area contributed by atoms with E-state index in [4.69, 9.17) is 5.73 Å². The number of amides is 6. The van der Waals surface area contributed by atoms with Crippen LogP contribution in [0.15, 0.2) is 30.3 Å². The summed E-state index contributed by atoms with van der Waals surface area (Å²) in [5.74, 6) is -1.40. The van der Waals surface area contributed by atoms with Crippen LogP contribution < -0.4 is 16.4 Å². The zero-order chi connectivity index (χ0) is 16.5. The van der Waals surface area contributed by atoms with Gasteiger partial charge in [-0.2, -0.15) is 0 Å². The molecular weight excluding hydrogens is 288 g/mol. The topological polar surface area (TPSA) is 122 Å². The molecule has 1 heterocycles. The Morgan fingerprint density at radius 2 is 1.86 bits per heavy atom. The van der Waals surface area contributed by atoms with Gasteiger partial charge in [-0.25, -0.2) is 14.5 Å². The van der Waals surface area contributed by atoms with Crippen molar-refractivity contribution in [2.75, 3.05) is 0 Å². The molecule has 0 aliphatic carbocycles. The zero-order valence-electron chi connectivity index (χ0n) is 12.1. The summed E-state index contributed by atoms with van der Waals surface area (Å²) in [4.78, 5) is 48.0. The largest absolute Gasteiger partial charge is 0.351 e. The van der Waals surface area contributed by atoms with Gasteiger partial charge in [0.1, 0.15) is 11.6 Å². The highest BCUT2D eigenvalue weighted by atomic mass is 16.2. The molecule has 0 spiro atoms. The monoisotopic (exact) mass is 304 g/mol. The fourth-order valence-corrected chi connectivity index (χ4v) is 2.32. The molecule has 1 saturated heterocycles. The van der Waals surface area contributed by atoms with E-state index in [9.17, 15) is 19.2 Å². The molecule has 2 atom stereocenters. The number of carbonyl (C=O) groups excluding carboxylic acids is 4. The van der Waals surface area contributed by atoms with Crippen LogP contribution >= 0.6 is 0 Å². The predicted molar refractivity (Wildman–Crippen MR) is 76.4 cm³/mol. The predicted octanol–water partition coefficient (Wildman–Crippen LogP) is 0.0370. The van der Waals surface area contributed by atoms with Gasteiger partial charge in [0.15, 0.2) is 0 Å². The van der Waals surface area contributed by atoms with Gasteiger partial charge in [-0.1, -0.05) is 30.3 Å². The maximum absolute atomic E-state index is 12.6. The van der Waals surface area contributed by atoms with E-state index in [-0.39, 0.29) is 0 Å². The molecule has 6 amide bonds. The molecule has 0 bridgehead atoms. The summed E-state index contributed by atoms with van der Waals surface area (Å²) in [6.45, 7) is 2.90. The molecule has 0 aromatic heterocycles. The number of carbonyl (C=O) groups is 4. The van der Waals surface area contributed by atoms with Crippen LogP contribution in [-0.4, -0.2) is 34.8 Å². The number of primary amides is 1. The second-order valence-corrected chi connectivity index (χ2v) is 5.13. The molecule has 22 heavy (non-hydrogen) atoms. The van der Waals surface area contributed by atoms with Crippen molar-refractivity contribution in [1.82, 2.24) is 15.5 Å². The summed E-state index contributed by atoms with van der Waals surface area (Å²) in [5.41, 5.74) is 4.20. The van der Waals surface area contributed by atoms with Crippen molar-refractivity contribution in [3.8, 4) is 0 Å². The Morgan fingerprint density at radius 1 is 1.27 bits per heavy atom. The SMILES string of the molecule is CC(C(=O)NC(N)=O)N1C(=O)NC(C)(c2ccccc2)C1=O. The Balaban J connectivity index is 2.29. The first-order valence-corrected chi connectivity index (χ1v) is 6.59. The van der Waals surface area contributed by atoms with Gasteiger partial charge in [0, 0.05) is 0 Å². The van der Waals surface area contributed by atoms with Crippen LogP contribution in [0.4, 0.5) is 9.59 Å². The van der Waals surface area contributed by atoms with Crippen molar-refractivity contribution in [1.29, 1.82) is 0 Å². The summed E-state index contributed by atoms with van der Waals surface area (Å²) in [6, 6.07) is 5.77. The number of nitrogens with two attached hydrogens (primary N) is 1. The molecule has 8 heteroatoms. The highest BCUT2D eigenvalue weighted by molar-refractivity contribution is 6.11. The summed E-state index contributed by atoms with van der Waals surface area (Å²) < 4.78 is 0. The third-order valence-electron chi connectivity index (χ3n) is 3.59. The van der Waals surface area contributed by atoms with E-state index in [1.54, 1.807) is 37.3 Å². The van der Waals surface area contributed by atoms with Crippen molar-refractivity contribution in [2.24, 2.45) is 5.73 Å². The van der Waals surface area contributed by atoms with E-state index in [2.05, 4.69) is 5.32 Å². The number of hydrogen-bond acceptors (Lipinski definition) is 4. The first kappa shape index (κ1) is 15.5. The van der Waals surface area contributed by atoms with Gasteiger partial charge in [0.25, 0.3) is 11.8 Å². The lowest BCUT2D eigenvalue weighted by Gasteiger charge is -2.24. The fourth-order valence-electron chi connectivity index (χ4n) is 2.32. The van der Waals surface area contributed by atoms with Crippen LogP contribution in [0.3, 0.4) is 0 Å². The van der Waals surface area contributed by atoms with Gasteiger partial charge in [-0.3, -0.25) is 14.9 Å². The fraction of sp³-hybridized carbons (Fsp3) is 0.286. The molecule has 0 radical (unpaired) electrons. The molecule has 1 aliphatic heterocycles. The number of nitrogens with one attached hydrogen (secondary N) is 2. The van der Waals surface area contributed by atoms with Crippen LogP contribution in [0, 0.1) is 0 Å². The molecule has 1 aromatic rings. The molecular formula is C14H16N4O4. The zero-order valence-corrected chi connectivity index (χ0v) is 12.1. The van der Waals surface area contributed by atoms with E-state index >= 15 is 0 Å². The van der Waals surface area contributed by atoms with Crippen LogP contribution in [0.25, 0.3) is 0 Å². The van der Waals surface area contributed by atoms with Gasteiger partial charge < -0.3 is 11.1 Å². The highest BCUT2D eigenvalue weighted by Gasteiger charge is 2.51. The van der Waals surface area contributed by atoms with E-state index in [1.807, 2.05) is 5.32 Å². The second kappa shape index (κ2) is 5.47. The smallest absolute Gasteiger partial charge is 0.326 e. The average Bonchev–Trinajstić information content (AvgIpc) is 2.69. The lowest BCUT2D eigenvalue weighted by molar-refractivity contribution is -0.137.